The molecule has 1 aromatic carbocycles. The molecular weight excluding hydrogens is 389 g/mol. The van der Waals surface area contributed by atoms with Crippen LogP contribution in [0.3, 0.4) is 0 Å². The molecule has 0 atom stereocenters. The van der Waals surface area contributed by atoms with Crippen molar-refractivity contribution in [1.29, 1.82) is 0 Å². The average molecular weight is 405 g/mol. The number of halogens is 3. The quantitative estimate of drug-likeness (QED) is 0.395. The van der Waals surface area contributed by atoms with Crippen LogP contribution in [0.5, 0.6) is 5.75 Å². The maximum Gasteiger partial charge on any atom is 0.362 e. The Hall–Kier alpha value is -0.930. The molecule has 0 aliphatic heterocycles. The number of hydrogen-bond acceptors (Lipinski definition) is 5. The Morgan fingerprint density at radius 3 is 2.35 bits per heavy atom. The fraction of sp³-hybridized carbons (Fsp3) is 0.417. The maximum absolute atomic E-state index is 11.5. The van der Waals surface area contributed by atoms with Crippen LogP contribution in [-0.2, 0) is 21.0 Å². The molecule has 0 saturated carbocycles. The Bertz CT molecular complexity index is 679. The number of rotatable bonds is 5. The second-order valence-corrected chi connectivity index (χ2v) is 8.58. The van der Waals surface area contributed by atoms with Gasteiger partial charge in [-0.2, -0.15) is 8.42 Å². The number of phenolic OH excluding ortho intramolecular Hbond substituents is 1. The minimum absolute atomic E-state index is 0.112. The number of guanidine groups is 1. The average Bonchev–Trinajstić information content (AvgIpc) is 2.39. The zero-order valence-corrected chi connectivity index (χ0v) is 15.4. The highest BCUT2D eigenvalue weighted by Crippen LogP contribution is 2.26. The summed E-state index contributed by atoms with van der Waals surface area (Å²) in [6.07, 6.45) is 0. The molecule has 0 spiro atoms. The molecule has 0 aliphatic carbocycles. The van der Waals surface area contributed by atoms with E-state index >= 15 is 0 Å². The van der Waals surface area contributed by atoms with Gasteiger partial charge in [0.05, 0.1) is 6.54 Å². The summed E-state index contributed by atoms with van der Waals surface area (Å²) < 4.78 is 27.6. The topological polar surface area (TPSA) is 114 Å². The summed E-state index contributed by atoms with van der Waals surface area (Å²) in [6, 6.07) is 3.43. The monoisotopic (exact) mass is 403 g/mol. The fourth-order valence-corrected chi connectivity index (χ4v) is 2.72. The van der Waals surface area contributed by atoms with Gasteiger partial charge in [0.2, 0.25) is 9.75 Å². The normalized spacial score (nSPS) is 13.2. The summed E-state index contributed by atoms with van der Waals surface area (Å²) in [6.45, 7) is 2.93. The van der Waals surface area contributed by atoms with Crippen molar-refractivity contribution in [3.8, 4) is 5.75 Å². The predicted octanol–water partition coefficient (Wildman–Crippen LogP) is 2.04. The van der Waals surface area contributed by atoms with Crippen LogP contribution in [0, 0.1) is 13.8 Å². The molecule has 0 bridgehead atoms. The summed E-state index contributed by atoms with van der Waals surface area (Å²) in [5.41, 5.74) is 7.60. The highest BCUT2D eigenvalue weighted by molar-refractivity contribution is 7.85. The van der Waals surface area contributed by atoms with Crippen molar-refractivity contribution >= 4 is 51.1 Å². The fourth-order valence-electron chi connectivity index (χ4n) is 1.65. The summed E-state index contributed by atoms with van der Waals surface area (Å²) in [5, 5.41) is 9.68. The Labute approximate surface area is 149 Å². The van der Waals surface area contributed by atoms with Crippen molar-refractivity contribution in [2.45, 2.75) is 24.2 Å². The van der Waals surface area contributed by atoms with Gasteiger partial charge in [-0.3, -0.25) is 0 Å². The van der Waals surface area contributed by atoms with Crippen molar-refractivity contribution in [2.75, 3.05) is 6.61 Å². The molecule has 0 radical (unpaired) electrons. The van der Waals surface area contributed by atoms with E-state index in [1.54, 1.807) is 26.0 Å². The van der Waals surface area contributed by atoms with Gasteiger partial charge in [0.15, 0.2) is 0 Å². The van der Waals surface area contributed by atoms with Crippen LogP contribution in [0.25, 0.3) is 0 Å². The highest BCUT2D eigenvalue weighted by Gasteiger charge is 2.24. The third-order valence-corrected chi connectivity index (χ3v) is 3.80. The molecule has 23 heavy (non-hydrogen) atoms. The Morgan fingerprint density at radius 2 is 1.87 bits per heavy atom. The van der Waals surface area contributed by atoms with Crippen molar-refractivity contribution in [3.63, 3.8) is 0 Å². The van der Waals surface area contributed by atoms with E-state index in [-0.39, 0.29) is 18.3 Å². The molecule has 0 fully saturated rings. The second kappa shape index (κ2) is 7.76. The van der Waals surface area contributed by atoms with E-state index in [0.29, 0.717) is 11.1 Å². The van der Waals surface area contributed by atoms with Crippen LogP contribution in [0.1, 0.15) is 16.7 Å². The summed E-state index contributed by atoms with van der Waals surface area (Å²) >= 11 is 16.2. The second-order valence-electron chi connectivity index (χ2n) is 4.71. The number of phenols is 1. The number of aryl methyl sites for hydroxylation is 2. The van der Waals surface area contributed by atoms with E-state index in [9.17, 15) is 13.5 Å². The van der Waals surface area contributed by atoms with Gasteiger partial charge in [-0.25, -0.2) is 13.9 Å². The lowest BCUT2D eigenvalue weighted by molar-refractivity contribution is 0.322. The first kappa shape index (κ1) is 20.1. The summed E-state index contributed by atoms with van der Waals surface area (Å²) in [4.78, 5) is 3.88. The van der Waals surface area contributed by atoms with Gasteiger partial charge in [-0.1, -0.05) is 46.9 Å². The molecule has 4 N–H and O–H groups in total. The zero-order valence-electron chi connectivity index (χ0n) is 12.3. The molecule has 0 amide bonds. The number of aliphatic imine (C=N–C) groups is 1. The van der Waals surface area contributed by atoms with Crippen LogP contribution in [0.15, 0.2) is 17.1 Å². The first-order valence-corrected chi connectivity index (χ1v) is 8.77. The zero-order chi connectivity index (χ0) is 17.8. The Morgan fingerprint density at radius 1 is 1.35 bits per heavy atom. The summed E-state index contributed by atoms with van der Waals surface area (Å²) in [5.74, 6) is -0.177. The van der Waals surface area contributed by atoms with E-state index in [1.165, 1.54) is 0 Å². The third kappa shape index (κ3) is 7.45. The maximum atomic E-state index is 11.5. The van der Waals surface area contributed by atoms with Gasteiger partial charge in [0.1, 0.15) is 12.4 Å². The Balaban J connectivity index is 2.71. The molecular formula is C12H16Cl3N3O4S. The molecule has 1 rings (SSSR count). The first-order chi connectivity index (χ1) is 10.4. The molecule has 11 heteroatoms. The van der Waals surface area contributed by atoms with Crippen LogP contribution in [0.4, 0.5) is 0 Å². The largest absolute Gasteiger partial charge is 0.507 e. The van der Waals surface area contributed by atoms with Crippen molar-refractivity contribution in [2.24, 2.45) is 10.7 Å². The minimum atomic E-state index is -4.24. The van der Waals surface area contributed by atoms with Crippen LogP contribution in [-0.4, -0.2) is 29.9 Å². The standard InChI is InChI=1S/C12H16Cl3N3O4S/c1-7-3-9(4-8(2)10(7)19)5-17-11(16)18-23(20,21)22-6-12(13,14)15/h3-4,19H,5-6H2,1-2H3,(H3,16,17,18). The van der Waals surface area contributed by atoms with Gasteiger partial charge in [0.25, 0.3) is 0 Å². The number of aromatic hydroxyl groups is 1. The van der Waals surface area contributed by atoms with Crippen molar-refractivity contribution < 1.29 is 17.7 Å². The van der Waals surface area contributed by atoms with Crippen LogP contribution in [0.2, 0.25) is 0 Å². The SMILES string of the molecule is Cc1cc(CN=C(N)NS(=O)(=O)OCC(Cl)(Cl)Cl)cc(C)c1O. The molecule has 0 aromatic heterocycles. The number of nitrogens with one attached hydrogen (secondary N) is 1. The van der Waals surface area contributed by atoms with Gasteiger partial charge in [0, 0.05) is 0 Å². The molecule has 0 heterocycles. The van der Waals surface area contributed by atoms with Crippen molar-refractivity contribution in [3.05, 3.63) is 28.8 Å². The van der Waals surface area contributed by atoms with E-state index < -0.39 is 20.7 Å². The van der Waals surface area contributed by atoms with Gasteiger partial charge < -0.3 is 10.8 Å². The molecule has 1 aromatic rings. The lowest BCUT2D eigenvalue weighted by Gasteiger charge is -2.12. The van der Waals surface area contributed by atoms with Crippen LogP contribution >= 0.6 is 34.8 Å². The van der Waals surface area contributed by atoms with Gasteiger partial charge >= 0.3 is 10.3 Å². The smallest absolute Gasteiger partial charge is 0.362 e. The molecule has 0 saturated heterocycles. The molecule has 0 unspecified atom stereocenters. The van der Waals surface area contributed by atoms with Crippen LogP contribution < -0.4 is 10.5 Å². The van der Waals surface area contributed by atoms with Gasteiger partial charge in [-0.05, 0) is 30.5 Å². The summed E-state index contributed by atoms with van der Waals surface area (Å²) in [7, 11) is -4.24. The third-order valence-electron chi connectivity index (χ3n) is 2.59. The van der Waals surface area contributed by atoms with E-state index in [0.717, 1.165) is 5.56 Å². The lowest BCUT2D eigenvalue weighted by Crippen LogP contribution is -2.39. The lowest BCUT2D eigenvalue weighted by atomic mass is 10.1. The first-order valence-electron chi connectivity index (χ1n) is 6.22. The molecule has 0 aliphatic rings. The van der Waals surface area contributed by atoms with Gasteiger partial charge in [-0.15, -0.1) is 0 Å². The number of nitrogens with two attached hydrogens (primary N) is 1. The highest BCUT2D eigenvalue weighted by atomic mass is 35.6. The molecule has 7 nitrogen and oxygen atoms in total. The number of benzene rings is 1. The predicted molar refractivity (Wildman–Crippen MR) is 91.2 cm³/mol. The molecule has 130 valence electrons. The number of hydrogen-bond donors (Lipinski definition) is 3. The van der Waals surface area contributed by atoms with E-state index in [1.807, 2.05) is 4.72 Å². The minimum Gasteiger partial charge on any atom is -0.507 e. The number of nitrogens with zero attached hydrogens (tertiary/aromatic N) is 1. The number of alkyl halides is 3. The van der Waals surface area contributed by atoms with E-state index in [2.05, 4.69) is 9.18 Å². The van der Waals surface area contributed by atoms with E-state index in [4.69, 9.17) is 40.5 Å². The Kier molecular flexibility index (Phi) is 6.79. The van der Waals surface area contributed by atoms with Crippen molar-refractivity contribution in [1.82, 2.24) is 4.72 Å².